The molecule has 0 aliphatic rings. The Labute approximate surface area is 87.1 Å². The maximum atomic E-state index is 10.6. The van der Waals surface area contributed by atoms with Gasteiger partial charge in [-0.2, -0.15) is 0 Å². The van der Waals surface area contributed by atoms with E-state index in [1.807, 2.05) is 18.4 Å². The molecule has 14 heavy (non-hydrogen) atoms. The molecule has 0 amide bonds. The minimum absolute atomic E-state index is 0.0351. The number of methoxy groups -OCH3 is 1. The Morgan fingerprint density at radius 3 is 2.79 bits per heavy atom. The van der Waals surface area contributed by atoms with E-state index in [0.717, 1.165) is 16.2 Å². The highest BCUT2D eigenvalue weighted by atomic mass is 32.2. The van der Waals surface area contributed by atoms with Crippen LogP contribution in [0.3, 0.4) is 0 Å². The van der Waals surface area contributed by atoms with Crippen LogP contribution in [0.2, 0.25) is 0 Å². The van der Waals surface area contributed by atoms with Crippen LogP contribution in [0.4, 0.5) is 0 Å². The van der Waals surface area contributed by atoms with Gasteiger partial charge in [0.25, 0.3) is 0 Å². The maximum Gasteiger partial charge on any atom is 0.307 e. The Hall–Kier alpha value is -1.16. The third-order valence-electron chi connectivity index (χ3n) is 1.83. The van der Waals surface area contributed by atoms with Crippen molar-refractivity contribution in [2.24, 2.45) is 0 Å². The zero-order valence-electron chi connectivity index (χ0n) is 8.11. The van der Waals surface area contributed by atoms with Crippen molar-refractivity contribution in [3.8, 4) is 5.75 Å². The molecule has 0 radical (unpaired) electrons. The van der Waals surface area contributed by atoms with Crippen LogP contribution in [0.1, 0.15) is 5.56 Å². The lowest BCUT2D eigenvalue weighted by Crippen LogP contribution is -2.02. The zero-order chi connectivity index (χ0) is 10.6. The topological polar surface area (TPSA) is 46.5 Å². The quantitative estimate of drug-likeness (QED) is 0.776. The van der Waals surface area contributed by atoms with Crippen molar-refractivity contribution >= 4 is 17.7 Å². The third-order valence-corrected chi connectivity index (χ3v) is 2.70. The molecule has 0 unspecified atom stereocenters. The van der Waals surface area contributed by atoms with E-state index in [0.29, 0.717) is 0 Å². The van der Waals surface area contributed by atoms with Gasteiger partial charge in [-0.05, 0) is 17.9 Å². The third kappa shape index (κ3) is 2.42. The smallest absolute Gasteiger partial charge is 0.307 e. The fraction of sp³-hybridized carbons (Fsp3) is 0.300. The number of thioether (sulfide) groups is 1. The van der Waals surface area contributed by atoms with Gasteiger partial charge in [-0.1, -0.05) is 12.1 Å². The molecule has 0 spiro atoms. The summed E-state index contributed by atoms with van der Waals surface area (Å²) in [6.45, 7) is 0. The summed E-state index contributed by atoms with van der Waals surface area (Å²) in [6.07, 6.45) is 1.94. The number of ether oxygens (including phenoxy) is 1. The van der Waals surface area contributed by atoms with E-state index in [2.05, 4.69) is 0 Å². The van der Waals surface area contributed by atoms with Crippen molar-refractivity contribution in [2.45, 2.75) is 11.3 Å². The Bertz CT molecular complexity index is 336. The number of aliphatic carboxylic acids is 1. The molecule has 4 heteroatoms. The number of carboxylic acid groups (broad SMARTS) is 1. The molecule has 0 aliphatic heterocycles. The van der Waals surface area contributed by atoms with Gasteiger partial charge >= 0.3 is 5.97 Å². The number of hydrogen-bond acceptors (Lipinski definition) is 3. The van der Waals surface area contributed by atoms with Crippen LogP contribution in [0.5, 0.6) is 5.75 Å². The van der Waals surface area contributed by atoms with Crippen molar-refractivity contribution in [1.82, 2.24) is 0 Å². The number of hydrogen-bond donors (Lipinski definition) is 1. The van der Waals surface area contributed by atoms with E-state index in [-0.39, 0.29) is 6.42 Å². The maximum absolute atomic E-state index is 10.6. The molecule has 0 saturated carbocycles. The van der Waals surface area contributed by atoms with Gasteiger partial charge in [0, 0.05) is 0 Å². The standard InChI is InChI=1S/C10H12O3S/c1-13-8-5-3-4-7(6-9(11)12)10(8)14-2/h3-5H,6H2,1-2H3,(H,11,12). The number of benzene rings is 1. The predicted molar refractivity (Wildman–Crippen MR) is 56.1 cm³/mol. The molecule has 0 aromatic heterocycles. The number of carboxylic acids is 1. The fourth-order valence-corrected chi connectivity index (χ4v) is 2.01. The van der Waals surface area contributed by atoms with Crippen LogP contribution < -0.4 is 4.74 Å². The van der Waals surface area contributed by atoms with Crippen LogP contribution in [0.25, 0.3) is 0 Å². The first kappa shape index (κ1) is 10.9. The largest absolute Gasteiger partial charge is 0.496 e. The summed E-state index contributed by atoms with van der Waals surface area (Å²) in [5, 5.41) is 8.70. The summed E-state index contributed by atoms with van der Waals surface area (Å²) in [5.74, 6) is -0.0928. The van der Waals surface area contributed by atoms with Gasteiger partial charge in [-0.25, -0.2) is 0 Å². The number of carbonyl (C=O) groups is 1. The summed E-state index contributed by atoms with van der Waals surface area (Å²) < 4.78 is 5.14. The highest BCUT2D eigenvalue weighted by molar-refractivity contribution is 7.98. The average Bonchev–Trinajstić information content (AvgIpc) is 2.16. The van der Waals surface area contributed by atoms with E-state index in [9.17, 15) is 4.79 Å². The summed E-state index contributed by atoms with van der Waals surface area (Å²) in [6, 6.07) is 5.44. The van der Waals surface area contributed by atoms with E-state index in [1.165, 1.54) is 11.8 Å². The van der Waals surface area contributed by atoms with Crippen LogP contribution in [0.15, 0.2) is 23.1 Å². The summed E-state index contributed by atoms with van der Waals surface area (Å²) in [4.78, 5) is 11.5. The Kier molecular flexibility index (Phi) is 3.83. The van der Waals surface area contributed by atoms with Crippen molar-refractivity contribution in [2.75, 3.05) is 13.4 Å². The molecular formula is C10H12O3S. The normalized spacial score (nSPS) is 9.86. The van der Waals surface area contributed by atoms with Gasteiger partial charge in [0.15, 0.2) is 0 Å². The van der Waals surface area contributed by atoms with Crippen LogP contribution in [-0.2, 0) is 11.2 Å². The lowest BCUT2D eigenvalue weighted by molar-refractivity contribution is -0.136. The van der Waals surface area contributed by atoms with Gasteiger partial charge in [0.2, 0.25) is 0 Å². The summed E-state index contributed by atoms with van der Waals surface area (Å²) in [5.41, 5.74) is 0.796. The predicted octanol–water partition coefficient (Wildman–Crippen LogP) is 2.04. The molecule has 1 aromatic rings. The van der Waals surface area contributed by atoms with Gasteiger partial charge in [-0.15, -0.1) is 11.8 Å². The number of rotatable bonds is 4. The molecule has 1 aromatic carbocycles. The zero-order valence-corrected chi connectivity index (χ0v) is 8.93. The van der Waals surface area contributed by atoms with Crippen molar-refractivity contribution in [3.63, 3.8) is 0 Å². The Balaban J connectivity index is 3.08. The molecule has 0 bridgehead atoms. The SMILES string of the molecule is COc1cccc(CC(=O)O)c1SC. The fourth-order valence-electron chi connectivity index (χ4n) is 1.26. The second-order valence-electron chi connectivity index (χ2n) is 2.72. The van der Waals surface area contributed by atoms with Gasteiger partial charge in [0.1, 0.15) is 5.75 Å². The van der Waals surface area contributed by atoms with Gasteiger partial charge in [0.05, 0.1) is 18.4 Å². The minimum atomic E-state index is -0.825. The highest BCUT2D eigenvalue weighted by Crippen LogP contribution is 2.31. The Morgan fingerprint density at radius 2 is 2.29 bits per heavy atom. The first-order valence-electron chi connectivity index (χ1n) is 4.10. The van der Waals surface area contributed by atoms with Crippen molar-refractivity contribution in [1.29, 1.82) is 0 Å². The van der Waals surface area contributed by atoms with E-state index in [4.69, 9.17) is 9.84 Å². The van der Waals surface area contributed by atoms with Crippen molar-refractivity contribution < 1.29 is 14.6 Å². The molecule has 3 nitrogen and oxygen atoms in total. The molecule has 0 saturated heterocycles. The van der Waals surface area contributed by atoms with Crippen LogP contribution in [0, 0.1) is 0 Å². The van der Waals surface area contributed by atoms with Crippen molar-refractivity contribution in [3.05, 3.63) is 23.8 Å². The minimum Gasteiger partial charge on any atom is -0.496 e. The first-order valence-corrected chi connectivity index (χ1v) is 5.33. The van der Waals surface area contributed by atoms with Gasteiger partial charge in [-0.3, -0.25) is 4.79 Å². The average molecular weight is 212 g/mol. The molecule has 1 N–H and O–H groups in total. The lowest BCUT2D eigenvalue weighted by Gasteiger charge is -2.09. The highest BCUT2D eigenvalue weighted by Gasteiger charge is 2.10. The monoisotopic (exact) mass is 212 g/mol. The summed E-state index contributed by atoms with van der Waals surface area (Å²) >= 11 is 1.50. The lowest BCUT2D eigenvalue weighted by atomic mass is 10.1. The molecule has 0 fully saturated rings. The second-order valence-corrected chi connectivity index (χ2v) is 3.54. The molecule has 76 valence electrons. The molecule has 0 aliphatic carbocycles. The molecule has 1 rings (SSSR count). The second kappa shape index (κ2) is 4.91. The van der Waals surface area contributed by atoms with Gasteiger partial charge < -0.3 is 9.84 Å². The molecule has 0 atom stereocenters. The molecular weight excluding hydrogens is 200 g/mol. The van der Waals surface area contributed by atoms with E-state index in [1.54, 1.807) is 13.2 Å². The van der Waals surface area contributed by atoms with Crippen LogP contribution >= 0.6 is 11.8 Å². The van der Waals surface area contributed by atoms with E-state index >= 15 is 0 Å². The summed E-state index contributed by atoms with van der Waals surface area (Å²) in [7, 11) is 1.58. The Morgan fingerprint density at radius 1 is 1.57 bits per heavy atom. The van der Waals surface area contributed by atoms with Crippen LogP contribution in [-0.4, -0.2) is 24.4 Å². The first-order chi connectivity index (χ1) is 6.69. The van der Waals surface area contributed by atoms with E-state index < -0.39 is 5.97 Å². The molecule has 0 heterocycles.